The Hall–Kier alpha value is -3.39. The van der Waals surface area contributed by atoms with Crippen LogP contribution in [0.5, 0.6) is 0 Å². The molecule has 1 aliphatic carbocycles. The number of amides is 2. The lowest BCUT2D eigenvalue weighted by molar-refractivity contribution is -0.141. The van der Waals surface area contributed by atoms with Gasteiger partial charge in [0.15, 0.2) is 6.10 Å². The van der Waals surface area contributed by atoms with Gasteiger partial charge in [0.05, 0.1) is 12.0 Å². The van der Waals surface area contributed by atoms with Crippen molar-refractivity contribution in [1.82, 2.24) is 10.6 Å². The van der Waals surface area contributed by atoms with Gasteiger partial charge in [0.25, 0.3) is 5.91 Å². The third-order valence-electron chi connectivity index (χ3n) is 6.53. The third kappa shape index (κ3) is 5.22. The maximum atomic E-state index is 12.6. The van der Waals surface area contributed by atoms with E-state index in [0.717, 1.165) is 22.3 Å². The fourth-order valence-electron chi connectivity index (χ4n) is 4.63. The first-order chi connectivity index (χ1) is 16.5. The number of carboxylic acid groups (broad SMARTS) is 1. The standard InChI is InChI=1S/C26H30N2O6/c1-16(25(30)31)7-6-13-27-24(29)23-22(12-14-33-23)28-26(32)34-15-21-19-10-4-2-8-17(19)18-9-3-5-11-20(18)21/h2-5,8-11,16,21-23H,6-7,12-15H2,1H3,(H,27,29)(H,28,32)(H,30,31)/t16?,22-,23+/m0/s1. The molecule has 1 fully saturated rings. The van der Waals surface area contributed by atoms with Crippen molar-refractivity contribution in [3.05, 3.63) is 59.7 Å². The average molecular weight is 467 g/mol. The molecule has 1 saturated heterocycles. The Balaban J connectivity index is 1.28. The van der Waals surface area contributed by atoms with Crippen molar-refractivity contribution >= 4 is 18.0 Å². The van der Waals surface area contributed by atoms with Gasteiger partial charge in [-0.2, -0.15) is 0 Å². The lowest BCUT2D eigenvalue weighted by Gasteiger charge is -2.20. The monoisotopic (exact) mass is 466 g/mol. The van der Waals surface area contributed by atoms with E-state index < -0.39 is 30.1 Å². The van der Waals surface area contributed by atoms with Crippen LogP contribution in [-0.2, 0) is 19.1 Å². The van der Waals surface area contributed by atoms with Crippen LogP contribution >= 0.6 is 0 Å². The topological polar surface area (TPSA) is 114 Å². The van der Waals surface area contributed by atoms with Crippen LogP contribution in [0.25, 0.3) is 11.1 Å². The Bertz CT molecular complexity index is 1010. The van der Waals surface area contributed by atoms with Gasteiger partial charge >= 0.3 is 12.1 Å². The molecule has 2 aromatic carbocycles. The molecule has 0 spiro atoms. The Labute approximate surface area is 198 Å². The second-order valence-corrected chi connectivity index (χ2v) is 8.83. The summed E-state index contributed by atoms with van der Waals surface area (Å²) in [5.74, 6) is -1.66. The Morgan fingerprint density at radius 1 is 1.09 bits per heavy atom. The van der Waals surface area contributed by atoms with E-state index in [4.69, 9.17) is 14.6 Å². The molecule has 0 aromatic heterocycles. The molecule has 0 saturated carbocycles. The minimum atomic E-state index is -0.849. The van der Waals surface area contributed by atoms with Crippen LogP contribution in [0.2, 0.25) is 0 Å². The summed E-state index contributed by atoms with van der Waals surface area (Å²) >= 11 is 0. The number of alkyl carbamates (subject to hydrolysis) is 1. The number of rotatable bonds is 9. The second kappa shape index (κ2) is 10.7. The average Bonchev–Trinajstić information content (AvgIpc) is 3.42. The van der Waals surface area contributed by atoms with E-state index in [2.05, 4.69) is 34.9 Å². The molecule has 4 rings (SSSR count). The molecule has 180 valence electrons. The molecule has 2 aromatic rings. The lowest BCUT2D eigenvalue weighted by Crippen LogP contribution is -2.48. The highest BCUT2D eigenvalue weighted by Crippen LogP contribution is 2.44. The molecule has 3 atom stereocenters. The largest absolute Gasteiger partial charge is 0.481 e. The molecule has 0 radical (unpaired) electrons. The molecule has 2 aliphatic rings. The van der Waals surface area contributed by atoms with Crippen LogP contribution < -0.4 is 10.6 Å². The SMILES string of the molecule is CC(CCCNC(=O)[C@@H]1OCC[C@@H]1NC(=O)OCC1c2ccccc2-c2ccccc21)C(=O)O. The van der Waals surface area contributed by atoms with Gasteiger partial charge in [-0.05, 0) is 41.5 Å². The highest BCUT2D eigenvalue weighted by molar-refractivity contribution is 5.83. The summed E-state index contributed by atoms with van der Waals surface area (Å²) in [5.41, 5.74) is 4.59. The molecule has 34 heavy (non-hydrogen) atoms. The van der Waals surface area contributed by atoms with E-state index >= 15 is 0 Å². The van der Waals surface area contributed by atoms with Gasteiger partial charge in [0, 0.05) is 19.1 Å². The fraction of sp³-hybridized carbons (Fsp3) is 0.423. The van der Waals surface area contributed by atoms with Crippen LogP contribution in [0.3, 0.4) is 0 Å². The smallest absolute Gasteiger partial charge is 0.407 e. The second-order valence-electron chi connectivity index (χ2n) is 8.83. The molecule has 1 aliphatic heterocycles. The summed E-state index contributed by atoms with van der Waals surface area (Å²) in [4.78, 5) is 36.0. The first-order valence-corrected chi connectivity index (χ1v) is 11.7. The van der Waals surface area contributed by atoms with Crippen LogP contribution in [0, 0.1) is 5.92 Å². The van der Waals surface area contributed by atoms with Crippen molar-refractivity contribution in [2.24, 2.45) is 5.92 Å². The first-order valence-electron chi connectivity index (χ1n) is 11.7. The van der Waals surface area contributed by atoms with Crippen molar-refractivity contribution in [2.45, 2.75) is 44.2 Å². The van der Waals surface area contributed by atoms with Gasteiger partial charge in [-0.3, -0.25) is 9.59 Å². The maximum absolute atomic E-state index is 12.6. The first kappa shape index (κ1) is 23.8. The zero-order valence-corrected chi connectivity index (χ0v) is 19.2. The number of carboxylic acids is 1. The van der Waals surface area contributed by atoms with Crippen molar-refractivity contribution in [1.29, 1.82) is 0 Å². The van der Waals surface area contributed by atoms with E-state index in [0.29, 0.717) is 32.4 Å². The number of carbonyl (C=O) groups excluding carboxylic acids is 2. The van der Waals surface area contributed by atoms with Crippen LogP contribution in [0.1, 0.15) is 43.2 Å². The zero-order valence-electron chi connectivity index (χ0n) is 19.2. The van der Waals surface area contributed by atoms with Crippen molar-refractivity contribution < 1.29 is 29.0 Å². The summed E-state index contributed by atoms with van der Waals surface area (Å²) < 4.78 is 11.1. The van der Waals surface area contributed by atoms with Gasteiger partial charge < -0.3 is 25.2 Å². The molecule has 1 heterocycles. The Morgan fingerprint density at radius 2 is 1.74 bits per heavy atom. The Morgan fingerprint density at radius 3 is 2.38 bits per heavy atom. The fourth-order valence-corrected chi connectivity index (χ4v) is 4.63. The van der Waals surface area contributed by atoms with Gasteiger partial charge in [-0.1, -0.05) is 55.5 Å². The van der Waals surface area contributed by atoms with Crippen LogP contribution in [0.15, 0.2) is 48.5 Å². The number of ether oxygens (including phenoxy) is 2. The van der Waals surface area contributed by atoms with Gasteiger partial charge in [0.1, 0.15) is 6.61 Å². The van der Waals surface area contributed by atoms with E-state index in [1.165, 1.54) is 0 Å². The van der Waals surface area contributed by atoms with Crippen LogP contribution in [-0.4, -0.2) is 55.0 Å². The number of hydrogen-bond acceptors (Lipinski definition) is 5. The highest BCUT2D eigenvalue weighted by Gasteiger charge is 2.36. The van der Waals surface area contributed by atoms with E-state index in [1.807, 2.05) is 24.3 Å². The summed E-state index contributed by atoms with van der Waals surface area (Å²) in [6.07, 6.45) is 0.167. The van der Waals surface area contributed by atoms with E-state index in [-0.39, 0.29) is 18.4 Å². The molecule has 8 nitrogen and oxygen atoms in total. The molecule has 8 heteroatoms. The molecule has 2 amide bonds. The normalized spacial score (nSPS) is 19.7. The summed E-state index contributed by atoms with van der Waals surface area (Å²) in [7, 11) is 0. The molecule has 0 bridgehead atoms. The zero-order chi connectivity index (χ0) is 24.1. The van der Waals surface area contributed by atoms with Crippen molar-refractivity contribution in [3.8, 4) is 11.1 Å². The maximum Gasteiger partial charge on any atom is 0.407 e. The number of aliphatic carboxylic acids is 1. The number of carbonyl (C=O) groups is 3. The van der Waals surface area contributed by atoms with Crippen LogP contribution in [0.4, 0.5) is 4.79 Å². The molecular weight excluding hydrogens is 436 g/mol. The minimum Gasteiger partial charge on any atom is -0.481 e. The predicted molar refractivity (Wildman–Crippen MR) is 125 cm³/mol. The van der Waals surface area contributed by atoms with Crippen molar-refractivity contribution in [2.75, 3.05) is 19.8 Å². The summed E-state index contributed by atoms with van der Waals surface area (Å²) in [6, 6.07) is 15.8. The van der Waals surface area contributed by atoms with E-state index in [9.17, 15) is 14.4 Å². The number of fused-ring (bicyclic) bond motifs is 3. The molecular formula is C26H30N2O6. The van der Waals surface area contributed by atoms with E-state index in [1.54, 1.807) is 6.92 Å². The Kier molecular flexibility index (Phi) is 7.47. The molecule has 1 unspecified atom stereocenters. The summed E-state index contributed by atoms with van der Waals surface area (Å²) in [5, 5.41) is 14.5. The van der Waals surface area contributed by atoms with Gasteiger partial charge in [-0.15, -0.1) is 0 Å². The number of hydrogen-bond donors (Lipinski definition) is 3. The lowest BCUT2D eigenvalue weighted by atomic mass is 9.98. The number of benzene rings is 2. The quantitative estimate of drug-likeness (QED) is 0.489. The minimum absolute atomic E-state index is 0.0368. The predicted octanol–water partition coefficient (Wildman–Crippen LogP) is 3.30. The van der Waals surface area contributed by atoms with Crippen molar-refractivity contribution in [3.63, 3.8) is 0 Å². The third-order valence-corrected chi connectivity index (χ3v) is 6.53. The highest BCUT2D eigenvalue weighted by atomic mass is 16.6. The van der Waals surface area contributed by atoms with Gasteiger partial charge in [-0.25, -0.2) is 4.79 Å². The van der Waals surface area contributed by atoms with Gasteiger partial charge in [0.2, 0.25) is 0 Å². The summed E-state index contributed by atoms with van der Waals surface area (Å²) in [6.45, 7) is 2.56. The number of nitrogens with one attached hydrogen (secondary N) is 2. The molecule has 3 N–H and O–H groups in total.